The van der Waals surface area contributed by atoms with Gasteiger partial charge in [-0.1, -0.05) is 23.7 Å². The number of carbonyl (C=O) groups is 1. The number of benzene rings is 1. The molecule has 2 aromatic rings. The van der Waals surface area contributed by atoms with Crippen LogP contribution in [0, 0.1) is 0 Å². The Morgan fingerprint density at radius 2 is 2.29 bits per heavy atom. The molecule has 0 spiro atoms. The Hall–Kier alpha value is -2.01. The van der Waals surface area contributed by atoms with Crippen LogP contribution in [0.4, 0.5) is 0 Å². The molecule has 5 nitrogen and oxygen atoms in total. The highest BCUT2D eigenvalue weighted by atomic mass is 35.5. The zero-order valence-corrected chi connectivity index (χ0v) is 9.88. The van der Waals surface area contributed by atoms with Crippen LogP contribution < -0.4 is 11.1 Å². The van der Waals surface area contributed by atoms with Crippen LogP contribution in [0.5, 0.6) is 0 Å². The van der Waals surface area contributed by atoms with E-state index in [1.807, 2.05) is 12.1 Å². The summed E-state index contributed by atoms with van der Waals surface area (Å²) in [7, 11) is 1.59. The van der Waals surface area contributed by atoms with E-state index in [1.54, 1.807) is 19.2 Å². The van der Waals surface area contributed by atoms with Crippen LogP contribution in [-0.4, -0.2) is 23.9 Å². The Balaban J connectivity index is 2.44. The molecular weight excluding hydrogens is 240 g/mol. The van der Waals surface area contributed by atoms with Crippen LogP contribution in [-0.2, 0) is 0 Å². The summed E-state index contributed by atoms with van der Waals surface area (Å²) >= 11 is 5.99. The lowest BCUT2D eigenvalue weighted by Gasteiger charge is -1.95. The van der Waals surface area contributed by atoms with E-state index in [1.165, 1.54) is 0 Å². The number of nitrogens with zero attached hydrogens (tertiary/aromatic N) is 1. The minimum Gasteiger partial charge on any atom is -0.370 e. The second-order valence-corrected chi connectivity index (χ2v) is 3.85. The molecule has 0 aliphatic heterocycles. The summed E-state index contributed by atoms with van der Waals surface area (Å²) in [6.07, 6.45) is 0. The van der Waals surface area contributed by atoms with Crippen LogP contribution >= 0.6 is 11.6 Å². The lowest BCUT2D eigenvalue weighted by molar-refractivity contribution is 0.0998. The van der Waals surface area contributed by atoms with E-state index < -0.39 is 5.91 Å². The average Bonchev–Trinajstić information content (AvgIpc) is 2.74. The van der Waals surface area contributed by atoms with Gasteiger partial charge in [0.15, 0.2) is 5.96 Å². The first-order valence-electron chi connectivity index (χ1n) is 4.95. The fourth-order valence-electron chi connectivity index (χ4n) is 1.46. The summed E-state index contributed by atoms with van der Waals surface area (Å²) in [4.78, 5) is 18.3. The van der Waals surface area contributed by atoms with Gasteiger partial charge in [-0.15, -0.1) is 0 Å². The number of hydrogen-bond acceptors (Lipinski definition) is 1. The van der Waals surface area contributed by atoms with Crippen molar-refractivity contribution in [3.8, 4) is 0 Å². The zero-order valence-electron chi connectivity index (χ0n) is 9.12. The summed E-state index contributed by atoms with van der Waals surface area (Å²) in [5, 5.41) is 4.00. The molecule has 0 atom stereocenters. The van der Waals surface area contributed by atoms with Crippen molar-refractivity contribution in [3.63, 3.8) is 0 Å². The number of nitrogens with two attached hydrogens (primary N) is 1. The second-order valence-electron chi connectivity index (χ2n) is 3.44. The number of H-pyrrole nitrogens is 1. The maximum Gasteiger partial charge on any atom is 0.296 e. The van der Waals surface area contributed by atoms with Crippen molar-refractivity contribution in [1.29, 1.82) is 0 Å². The van der Waals surface area contributed by atoms with Gasteiger partial charge in [-0.05, 0) is 12.1 Å². The summed E-state index contributed by atoms with van der Waals surface area (Å²) in [6, 6.07) is 7.12. The summed E-state index contributed by atoms with van der Waals surface area (Å²) < 4.78 is 0. The molecule has 0 fully saturated rings. The fourth-order valence-corrected chi connectivity index (χ4v) is 1.69. The van der Waals surface area contributed by atoms with E-state index >= 15 is 0 Å². The van der Waals surface area contributed by atoms with Crippen molar-refractivity contribution in [2.45, 2.75) is 0 Å². The summed E-state index contributed by atoms with van der Waals surface area (Å²) in [5.41, 5.74) is 6.48. The monoisotopic (exact) mass is 250 g/mol. The molecular formula is C11H11ClN4O. The first-order chi connectivity index (χ1) is 8.11. The van der Waals surface area contributed by atoms with Crippen LogP contribution in [0.25, 0.3) is 10.9 Å². The molecule has 1 heterocycles. The lowest BCUT2D eigenvalue weighted by Crippen LogP contribution is -2.28. The third-order valence-electron chi connectivity index (χ3n) is 2.31. The van der Waals surface area contributed by atoms with E-state index in [-0.39, 0.29) is 5.96 Å². The number of carbonyl (C=O) groups excluding carboxylic acids is 1. The molecule has 2 rings (SSSR count). The Kier molecular flexibility index (Phi) is 3.01. The first kappa shape index (κ1) is 11.5. The minimum atomic E-state index is -0.441. The van der Waals surface area contributed by atoms with Gasteiger partial charge in [-0.25, -0.2) is 0 Å². The number of amides is 1. The van der Waals surface area contributed by atoms with Gasteiger partial charge in [0.05, 0.1) is 10.5 Å². The number of aliphatic imine (C=N–C) groups is 1. The van der Waals surface area contributed by atoms with Gasteiger partial charge in [-0.2, -0.15) is 4.99 Å². The van der Waals surface area contributed by atoms with Crippen LogP contribution in [0.3, 0.4) is 0 Å². The molecule has 0 saturated heterocycles. The van der Waals surface area contributed by atoms with Gasteiger partial charge in [0, 0.05) is 12.4 Å². The number of para-hydroxylation sites is 1. The quantitative estimate of drug-likeness (QED) is 0.530. The van der Waals surface area contributed by atoms with E-state index in [4.69, 9.17) is 17.3 Å². The topological polar surface area (TPSA) is 83.3 Å². The molecule has 4 N–H and O–H groups in total. The Morgan fingerprint density at radius 3 is 2.94 bits per heavy atom. The lowest BCUT2D eigenvalue weighted by atomic mass is 10.2. The highest BCUT2D eigenvalue weighted by Crippen LogP contribution is 2.23. The third-order valence-corrected chi connectivity index (χ3v) is 2.63. The fraction of sp³-hybridized carbons (Fsp3) is 0.0909. The Labute approximate surface area is 103 Å². The molecule has 0 radical (unpaired) electrons. The van der Waals surface area contributed by atoms with Gasteiger partial charge in [0.25, 0.3) is 5.91 Å². The molecule has 17 heavy (non-hydrogen) atoms. The number of hydrogen-bond donors (Lipinski definition) is 3. The van der Waals surface area contributed by atoms with Gasteiger partial charge in [0.1, 0.15) is 5.69 Å². The van der Waals surface area contributed by atoms with Crippen molar-refractivity contribution in [3.05, 3.63) is 35.0 Å². The van der Waals surface area contributed by atoms with Crippen LogP contribution in [0.15, 0.2) is 29.3 Å². The van der Waals surface area contributed by atoms with E-state index in [0.29, 0.717) is 10.7 Å². The van der Waals surface area contributed by atoms with Crippen LogP contribution in [0.2, 0.25) is 5.02 Å². The van der Waals surface area contributed by atoms with Crippen molar-refractivity contribution in [2.24, 2.45) is 10.7 Å². The van der Waals surface area contributed by atoms with E-state index in [2.05, 4.69) is 15.3 Å². The van der Waals surface area contributed by atoms with Crippen LogP contribution in [0.1, 0.15) is 10.5 Å². The number of aromatic amines is 1. The number of rotatable bonds is 1. The number of halogens is 1. The summed E-state index contributed by atoms with van der Waals surface area (Å²) in [6.45, 7) is 0. The van der Waals surface area contributed by atoms with Crippen molar-refractivity contribution >= 4 is 34.4 Å². The zero-order chi connectivity index (χ0) is 12.4. The van der Waals surface area contributed by atoms with Gasteiger partial charge in [-0.3, -0.25) is 4.79 Å². The van der Waals surface area contributed by atoms with Crippen molar-refractivity contribution in [1.82, 2.24) is 10.3 Å². The van der Waals surface area contributed by atoms with Gasteiger partial charge >= 0.3 is 0 Å². The predicted octanol–water partition coefficient (Wildman–Crippen LogP) is 1.50. The second kappa shape index (κ2) is 4.47. The maximum atomic E-state index is 11.7. The highest BCUT2D eigenvalue weighted by Gasteiger charge is 2.10. The minimum absolute atomic E-state index is 0.0692. The largest absolute Gasteiger partial charge is 0.370 e. The normalized spacial score (nSPS) is 11.8. The number of fused-ring (bicyclic) bond motifs is 1. The molecule has 0 aliphatic rings. The smallest absolute Gasteiger partial charge is 0.296 e. The van der Waals surface area contributed by atoms with Crippen molar-refractivity contribution < 1.29 is 4.79 Å². The van der Waals surface area contributed by atoms with E-state index in [9.17, 15) is 4.79 Å². The molecule has 0 unspecified atom stereocenters. The third kappa shape index (κ3) is 2.24. The molecule has 0 aliphatic carbocycles. The summed E-state index contributed by atoms with van der Waals surface area (Å²) in [5.74, 6) is -0.371. The molecule has 0 saturated carbocycles. The highest BCUT2D eigenvalue weighted by molar-refractivity contribution is 6.35. The molecule has 1 aromatic heterocycles. The standard InChI is InChI=1S/C11H11ClN4O/c1-14-11(13)16-10(17)8-5-6-3-2-4-7(12)9(6)15-8/h2-5,15H,1H3,(H3,13,14,16,17). The molecule has 88 valence electrons. The first-order valence-corrected chi connectivity index (χ1v) is 5.33. The maximum absolute atomic E-state index is 11.7. The van der Waals surface area contributed by atoms with E-state index in [0.717, 1.165) is 10.9 Å². The molecule has 0 bridgehead atoms. The predicted molar refractivity (Wildman–Crippen MR) is 68.3 cm³/mol. The number of nitrogens with one attached hydrogen (secondary N) is 2. The SMILES string of the molecule is CNC(N)=NC(=O)c1cc2cccc(Cl)c2[nH]1. The number of guanidine groups is 1. The Bertz CT molecular complexity index is 603. The molecule has 1 aromatic carbocycles. The van der Waals surface area contributed by atoms with Gasteiger partial charge < -0.3 is 16.0 Å². The Morgan fingerprint density at radius 1 is 1.53 bits per heavy atom. The van der Waals surface area contributed by atoms with Crippen molar-refractivity contribution in [2.75, 3.05) is 7.05 Å². The molecule has 6 heteroatoms. The van der Waals surface area contributed by atoms with Gasteiger partial charge in [0.2, 0.25) is 0 Å². The molecule has 1 amide bonds. The average molecular weight is 251 g/mol. The number of aromatic nitrogens is 1.